The van der Waals surface area contributed by atoms with E-state index in [1.54, 1.807) is 73.1 Å². The summed E-state index contributed by atoms with van der Waals surface area (Å²) in [6.07, 6.45) is 3.47. The van der Waals surface area contributed by atoms with Crippen LogP contribution in [0.2, 0.25) is 0 Å². The number of thiazole rings is 2. The Hall–Kier alpha value is -7.73. The molecule has 10 rings (SSSR count). The van der Waals surface area contributed by atoms with Gasteiger partial charge >= 0.3 is 18.9 Å². The number of fused-ring (bicyclic) bond motifs is 4. The van der Waals surface area contributed by atoms with Crippen LogP contribution in [0.25, 0.3) is 21.1 Å². The summed E-state index contributed by atoms with van der Waals surface area (Å²) < 4.78 is 58.5. The van der Waals surface area contributed by atoms with E-state index in [1.165, 1.54) is 83.3 Å². The van der Waals surface area contributed by atoms with E-state index in [1.807, 2.05) is 12.1 Å². The SMILES string of the molecule is C.N#Cc1cccc(-c2ncc(CNC(=O)c3ccc4c(c3)NC(=O)c3ccccc3S4(=O)=O)s2)c1.NC(=O)c1cccc(-c2ncc(CNC(=O)c3ccc4c(c3)NC(=O)c3ccccc3S4(=O)=O)s2)c1.[2H]CS.[H-].[Li+]. The van der Waals surface area contributed by atoms with Gasteiger partial charge in [0.2, 0.25) is 25.6 Å². The molecule has 23 heteroatoms. The van der Waals surface area contributed by atoms with Crippen LogP contribution in [0.1, 0.15) is 77.3 Å². The number of aromatic nitrogens is 2. The molecule has 75 heavy (non-hydrogen) atoms. The first-order valence-corrected chi connectivity index (χ1v) is 26.6. The van der Waals surface area contributed by atoms with E-state index in [-0.39, 0.29) is 100 Å². The summed E-state index contributed by atoms with van der Waals surface area (Å²) in [5, 5.41) is 21.2. The van der Waals surface area contributed by atoms with Crippen molar-refractivity contribution in [3.63, 3.8) is 0 Å². The summed E-state index contributed by atoms with van der Waals surface area (Å²) in [5.41, 5.74) is 8.38. The summed E-state index contributed by atoms with van der Waals surface area (Å²) in [4.78, 5) is 72.2. The molecule has 0 bridgehead atoms. The summed E-state index contributed by atoms with van der Waals surface area (Å²) in [6, 6.07) is 36.1. The van der Waals surface area contributed by atoms with Crippen LogP contribution in [0.5, 0.6) is 0 Å². The molecule has 2 aliphatic rings. The van der Waals surface area contributed by atoms with E-state index in [4.69, 9.17) is 12.4 Å². The fraction of sp³-hybridized carbons (Fsp3) is 0.0769. The third-order valence-corrected chi connectivity index (χ3v) is 16.8. The van der Waals surface area contributed by atoms with Crippen molar-refractivity contribution < 1.29 is 62.5 Å². The molecule has 6 aromatic carbocycles. The van der Waals surface area contributed by atoms with Crippen molar-refractivity contribution >= 4 is 95.9 Å². The Morgan fingerprint density at radius 1 is 0.653 bits per heavy atom. The first-order chi connectivity index (χ1) is 35.5. The van der Waals surface area contributed by atoms with Gasteiger partial charge in [-0.05, 0) is 91.2 Å². The molecule has 0 saturated heterocycles. The summed E-state index contributed by atoms with van der Waals surface area (Å²) in [7, 11) is -7.89. The topological polar surface area (TPSA) is 277 Å². The number of benzene rings is 6. The Labute approximate surface area is 460 Å². The number of carbonyl (C=O) groups is 5. The maximum Gasteiger partial charge on any atom is 1.00 e. The Bertz CT molecular complexity index is 3850. The zero-order valence-electron chi connectivity index (χ0n) is 40.7. The molecule has 5 amide bonds. The summed E-state index contributed by atoms with van der Waals surface area (Å²) in [5.74, 6) is -2.53. The standard InChI is InChI=1S/C25H18N4O5S2.C25H16N4O4S2.CH4S.CH4.Li.H/c26-22(30)14-4-3-5-16(10-14)25-28-13-17(35-25)12-27-23(31)15-8-9-21-19(11-15)29-24(32)18-6-1-2-7-20(18)36(21,33)34;26-12-15-4-3-5-17(10-15)25-28-14-18(34-25)13-27-23(30)16-8-9-22-20(11-16)29-24(31)19-6-1-2-7-21(19)35(22,32)33;1-2;;;/h1-11,13H,12H2,(H2,26,30)(H,27,31)(H,29,32);1-11,14H,13H2,(H,27,30)(H,29,31);2H,1H3;1H4;;/q;;;;+1;-1/i;;1D;;;. The van der Waals surface area contributed by atoms with Gasteiger partial charge in [0, 0.05) is 51.3 Å². The minimum absolute atomic E-state index is 0. The Kier molecular flexibility index (Phi) is 17.7. The third-order valence-electron chi connectivity index (χ3n) is 11.0. The number of nitrogens with zero attached hydrogens (tertiary/aromatic N) is 3. The normalized spacial score (nSPS) is 13.1. The number of sulfone groups is 2. The van der Waals surface area contributed by atoms with Gasteiger partial charge in [-0.3, -0.25) is 24.0 Å². The van der Waals surface area contributed by atoms with Gasteiger partial charge < -0.3 is 28.4 Å². The molecule has 0 spiro atoms. The number of anilines is 2. The molecule has 4 heterocycles. The summed E-state index contributed by atoms with van der Waals surface area (Å²) in [6.45, 7) is 0.390. The van der Waals surface area contributed by atoms with Crippen LogP contribution in [0.4, 0.5) is 11.4 Å². The number of hydrogen-bond donors (Lipinski definition) is 6. The zero-order valence-corrected chi connectivity index (χ0v) is 42.8. The van der Waals surface area contributed by atoms with Crippen molar-refractivity contribution in [3.8, 4) is 27.2 Å². The minimum atomic E-state index is -3.95. The van der Waals surface area contributed by atoms with E-state index in [2.05, 4.69) is 49.9 Å². The Balaban J connectivity index is 0.000000261. The van der Waals surface area contributed by atoms with Crippen LogP contribution in [0.15, 0.2) is 165 Å². The van der Waals surface area contributed by atoms with Gasteiger partial charge in [0.05, 0.1) is 66.8 Å². The molecule has 6 N–H and O–H groups in total. The second-order valence-corrected chi connectivity index (χ2v) is 21.6. The Morgan fingerprint density at radius 2 is 1.09 bits per heavy atom. The Morgan fingerprint density at radius 3 is 1.55 bits per heavy atom. The molecule has 0 atom stereocenters. The third kappa shape index (κ3) is 12.1. The van der Waals surface area contributed by atoms with Crippen LogP contribution in [0.3, 0.4) is 0 Å². The average molecular weight is 1090 g/mol. The first kappa shape index (κ1) is 55.0. The smallest absolute Gasteiger partial charge is 1.00 e. The van der Waals surface area contributed by atoms with Crippen LogP contribution in [-0.2, 0) is 32.8 Å². The number of carbonyl (C=O) groups excluding carboxylic acids is 5. The maximum atomic E-state index is 13.1. The van der Waals surface area contributed by atoms with Crippen molar-refractivity contribution in [2.24, 2.45) is 5.73 Å². The molecule has 2 aliphatic heterocycles. The van der Waals surface area contributed by atoms with Crippen molar-refractivity contribution in [2.45, 2.75) is 40.1 Å². The maximum absolute atomic E-state index is 13.1. The second-order valence-electron chi connectivity index (χ2n) is 15.6. The first-order valence-electron chi connectivity index (χ1n) is 22.1. The number of nitriles is 1. The van der Waals surface area contributed by atoms with Gasteiger partial charge in [0.15, 0.2) is 0 Å². The van der Waals surface area contributed by atoms with Crippen LogP contribution >= 0.6 is 35.3 Å². The number of thiol groups is 1. The quantitative estimate of drug-likeness (QED) is 0.0768. The number of amides is 5. The molecular formula is C52H43LiN8O9S5. The van der Waals surface area contributed by atoms with Crippen LogP contribution in [-0.4, -0.2) is 62.6 Å². The van der Waals surface area contributed by atoms with Crippen LogP contribution in [0, 0.1) is 11.3 Å². The summed E-state index contributed by atoms with van der Waals surface area (Å²) >= 11 is 6.19. The van der Waals surface area contributed by atoms with Crippen LogP contribution < -0.4 is 45.9 Å². The number of primary amides is 1. The van der Waals surface area contributed by atoms with Crippen molar-refractivity contribution in [3.05, 3.63) is 189 Å². The second kappa shape index (κ2) is 24.1. The van der Waals surface area contributed by atoms with E-state index in [0.29, 0.717) is 16.1 Å². The van der Waals surface area contributed by atoms with E-state index in [0.717, 1.165) is 25.9 Å². The van der Waals surface area contributed by atoms with Gasteiger partial charge in [-0.15, -0.1) is 22.7 Å². The van der Waals surface area contributed by atoms with E-state index in [9.17, 15) is 40.8 Å². The number of hydrogen-bond acceptors (Lipinski definition) is 15. The molecule has 0 saturated carbocycles. The van der Waals surface area contributed by atoms with Crippen molar-refractivity contribution in [2.75, 3.05) is 16.9 Å². The molecule has 17 nitrogen and oxygen atoms in total. The van der Waals surface area contributed by atoms with Gasteiger partial charge in [0.1, 0.15) is 10.0 Å². The number of rotatable bonds is 9. The molecule has 2 aromatic heterocycles. The van der Waals surface area contributed by atoms with Gasteiger partial charge in [-0.25, -0.2) is 26.8 Å². The monoisotopic (exact) mass is 1090 g/mol. The fourth-order valence-corrected chi connectivity index (χ4v) is 12.4. The molecule has 8 aromatic rings. The predicted molar refractivity (Wildman–Crippen MR) is 286 cm³/mol. The largest absolute Gasteiger partial charge is 1.00 e. The number of nitrogens with one attached hydrogen (secondary N) is 4. The van der Waals surface area contributed by atoms with E-state index < -0.39 is 49.2 Å². The molecule has 0 unspecified atom stereocenters. The minimum Gasteiger partial charge on any atom is -1.00 e. The fourth-order valence-electron chi connectivity index (χ4n) is 7.51. The molecule has 0 aliphatic carbocycles. The molecule has 0 fully saturated rings. The molecular weight excluding hydrogens is 1050 g/mol. The van der Waals surface area contributed by atoms with E-state index >= 15 is 0 Å². The van der Waals surface area contributed by atoms with Gasteiger partial charge in [0.25, 0.3) is 23.6 Å². The predicted octanol–water partition coefficient (Wildman–Crippen LogP) is 5.55. The number of nitrogens with two attached hydrogens (primary N) is 1. The van der Waals surface area contributed by atoms with Crippen molar-refractivity contribution in [1.82, 2.24) is 20.6 Å². The molecule has 376 valence electrons. The van der Waals surface area contributed by atoms with Gasteiger partial charge in [-0.2, -0.15) is 17.9 Å². The zero-order chi connectivity index (χ0) is 52.7. The molecule has 0 radical (unpaired) electrons. The van der Waals surface area contributed by atoms with Crippen molar-refractivity contribution in [1.29, 1.82) is 5.26 Å². The van der Waals surface area contributed by atoms with Gasteiger partial charge in [-0.1, -0.05) is 56.0 Å². The average Bonchev–Trinajstić information content (AvgIpc) is 4.07.